The van der Waals surface area contributed by atoms with Gasteiger partial charge in [0.2, 0.25) is 0 Å². The molecule has 2 heterocycles. The maximum atomic E-state index is 13.1. The van der Waals surface area contributed by atoms with E-state index in [0.717, 1.165) is 0 Å². The molecule has 0 aliphatic carbocycles. The molecule has 2 aromatic carbocycles. The third-order valence-electron chi connectivity index (χ3n) is 4.29. The Morgan fingerprint density at radius 3 is 2.46 bits per heavy atom. The zero-order valence-corrected chi connectivity index (χ0v) is 15.9. The van der Waals surface area contributed by atoms with Gasteiger partial charge in [0.25, 0.3) is 10.0 Å². The van der Waals surface area contributed by atoms with E-state index in [4.69, 9.17) is 0 Å². The number of rotatable bonds is 4. The number of nitrogens with zero attached hydrogens (tertiary/aromatic N) is 4. The smallest absolute Gasteiger partial charge is 0.262 e. The third-order valence-corrected chi connectivity index (χ3v) is 5.81. The number of aromatic nitrogens is 4. The van der Waals surface area contributed by atoms with Crippen LogP contribution in [-0.4, -0.2) is 28.2 Å². The summed E-state index contributed by atoms with van der Waals surface area (Å²) < 4.78 is 42.9. The molecule has 28 heavy (non-hydrogen) atoms. The highest BCUT2D eigenvalue weighted by molar-refractivity contribution is 7.92. The van der Waals surface area contributed by atoms with E-state index in [-0.39, 0.29) is 10.6 Å². The number of sulfonamides is 1. The Labute approximate surface area is 160 Å². The summed E-state index contributed by atoms with van der Waals surface area (Å²) in [5.41, 5.74) is 2.71. The van der Waals surface area contributed by atoms with Gasteiger partial charge in [0, 0.05) is 11.3 Å². The van der Waals surface area contributed by atoms with Gasteiger partial charge in [0.15, 0.2) is 11.5 Å². The topological polar surface area (TPSA) is 89.2 Å². The molecule has 0 aliphatic rings. The molecule has 0 atom stereocenters. The lowest BCUT2D eigenvalue weighted by Gasteiger charge is -2.12. The van der Waals surface area contributed by atoms with Crippen LogP contribution in [0.3, 0.4) is 0 Å². The fourth-order valence-corrected chi connectivity index (χ4v) is 4.16. The molecule has 0 aliphatic heterocycles. The molecule has 1 N–H and O–H groups in total. The number of fused-ring (bicyclic) bond motifs is 1. The van der Waals surface area contributed by atoms with Gasteiger partial charge in [-0.25, -0.2) is 12.8 Å². The number of nitrogens with one attached hydrogen (secondary N) is 1. The van der Waals surface area contributed by atoms with E-state index in [9.17, 15) is 12.8 Å². The largest absolute Gasteiger partial charge is 0.280 e. The first-order valence-corrected chi connectivity index (χ1v) is 9.90. The molecule has 142 valence electrons. The van der Waals surface area contributed by atoms with Crippen molar-refractivity contribution < 1.29 is 12.8 Å². The Bertz CT molecular complexity index is 1280. The van der Waals surface area contributed by atoms with E-state index in [0.29, 0.717) is 28.3 Å². The summed E-state index contributed by atoms with van der Waals surface area (Å²) in [5.74, 6) is 0.196. The predicted octanol–water partition coefficient (Wildman–Crippen LogP) is 3.35. The van der Waals surface area contributed by atoms with Crippen molar-refractivity contribution in [3.63, 3.8) is 0 Å². The average Bonchev–Trinajstić information content (AvgIpc) is 3.04. The highest BCUT2D eigenvalue weighted by Crippen LogP contribution is 2.26. The van der Waals surface area contributed by atoms with E-state index in [1.54, 1.807) is 48.7 Å². The summed E-state index contributed by atoms with van der Waals surface area (Å²) in [4.78, 5) is 0.122. The average molecular weight is 397 g/mol. The molecular weight excluding hydrogens is 381 g/mol. The standard InChI is InChI=1S/C19H16FN5O2S/c1-12-3-4-14(17-9-10-19-22-21-13(2)25(19)23-17)11-18(12)28(26,27)24-16-7-5-15(20)6-8-16/h3-11,24H,1-2H3. The molecule has 4 rings (SSSR count). The number of halogens is 1. The highest BCUT2D eigenvalue weighted by Gasteiger charge is 2.19. The second-order valence-electron chi connectivity index (χ2n) is 6.33. The molecule has 0 amide bonds. The van der Waals surface area contributed by atoms with Crippen molar-refractivity contribution >= 4 is 21.4 Å². The molecule has 0 fully saturated rings. The van der Waals surface area contributed by atoms with Gasteiger partial charge in [-0.3, -0.25) is 4.72 Å². The highest BCUT2D eigenvalue weighted by atomic mass is 32.2. The van der Waals surface area contributed by atoms with E-state index < -0.39 is 15.8 Å². The second kappa shape index (κ2) is 6.68. The molecular formula is C19H16FN5O2S. The second-order valence-corrected chi connectivity index (χ2v) is 7.98. The minimum atomic E-state index is -3.86. The van der Waals surface area contributed by atoms with Crippen LogP contribution in [0.5, 0.6) is 0 Å². The molecule has 0 saturated carbocycles. The minimum Gasteiger partial charge on any atom is -0.280 e. The third kappa shape index (κ3) is 3.31. The fraction of sp³-hybridized carbons (Fsp3) is 0.105. The normalized spacial score (nSPS) is 11.7. The lowest BCUT2D eigenvalue weighted by atomic mass is 10.1. The number of hydrogen-bond donors (Lipinski definition) is 1. The summed E-state index contributed by atoms with van der Waals surface area (Å²) in [5, 5.41) is 12.5. The maximum Gasteiger partial charge on any atom is 0.262 e. The van der Waals surface area contributed by atoms with Crippen molar-refractivity contribution in [2.24, 2.45) is 0 Å². The van der Waals surface area contributed by atoms with Crippen LogP contribution < -0.4 is 4.72 Å². The molecule has 0 bridgehead atoms. The van der Waals surface area contributed by atoms with Gasteiger partial charge in [0.05, 0.1) is 10.6 Å². The minimum absolute atomic E-state index is 0.122. The van der Waals surface area contributed by atoms with Crippen LogP contribution >= 0.6 is 0 Å². The van der Waals surface area contributed by atoms with Gasteiger partial charge in [-0.1, -0.05) is 12.1 Å². The van der Waals surface area contributed by atoms with Crippen LogP contribution in [0.2, 0.25) is 0 Å². The number of anilines is 1. The van der Waals surface area contributed by atoms with E-state index in [2.05, 4.69) is 20.0 Å². The summed E-state index contributed by atoms with van der Waals surface area (Å²) in [6.07, 6.45) is 0. The zero-order valence-electron chi connectivity index (χ0n) is 15.1. The maximum absolute atomic E-state index is 13.1. The van der Waals surface area contributed by atoms with Crippen LogP contribution in [0.1, 0.15) is 11.4 Å². The summed E-state index contributed by atoms with van der Waals surface area (Å²) in [7, 11) is -3.86. The van der Waals surface area contributed by atoms with Gasteiger partial charge in [0.1, 0.15) is 5.82 Å². The molecule has 0 radical (unpaired) electrons. The first kappa shape index (κ1) is 18.1. The summed E-state index contributed by atoms with van der Waals surface area (Å²) in [6, 6.07) is 13.8. The van der Waals surface area contributed by atoms with Gasteiger partial charge in [-0.05, 0) is 61.9 Å². The van der Waals surface area contributed by atoms with Crippen molar-refractivity contribution in [1.29, 1.82) is 0 Å². The van der Waals surface area contributed by atoms with Crippen LogP contribution in [0.25, 0.3) is 16.9 Å². The van der Waals surface area contributed by atoms with Gasteiger partial charge in [-0.15, -0.1) is 10.2 Å². The first-order chi connectivity index (χ1) is 13.3. The van der Waals surface area contributed by atoms with Crippen LogP contribution in [0.4, 0.5) is 10.1 Å². The summed E-state index contributed by atoms with van der Waals surface area (Å²) >= 11 is 0. The van der Waals surface area contributed by atoms with Gasteiger partial charge in [-0.2, -0.15) is 9.61 Å². The van der Waals surface area contributed by atoms with Crippen molar-refractivity contribution in [2.45, 2.75) is 18.7 Å². The van der Waals surface area contributed by atoms with Crippen molar-refractivity contribution in [3.05, 3.63) is 71.8 Å². The number of hydrogen-bond acceptors (Lipinski definition) is 5. The Balaban J connectivity index is 1.75. The summed E-state index contributed by atoms with van der Waals surface area (Å²) in [6.45, 7) is 3.50. The molecule has 0 unspecified atom stereocenters. The molecule has 4 aromatic rings. The van der Waals surface area contributed by atoms with E-state index in [1.165, 1.54) is 24.3 Å². The quantitative estimate of drug-likeness (QED) is 0.570. The first-order valence-electron chi connectivity index (χ1n) is 8.42. The van der Waals surface area contributed by atoms with E-state index >= 15 is 0 Å². The molecule has 9 heteroatoms. The van der Waals surface area contributed by atoms with Crippen LogP contribution in [-0.2, 0) is 10.0 Å². The SMILES string of the molecule is Cc1ccc(-c2ccc3nnc(C)n3n2)cc1S(=O)(=O)Nc1ccc(F)cc1. The van der Waals surface area contributed by atoms with Crippen molar-refractivity contribution in [1.82, 2.24) is 19.8 Å². The zero-order chi connectivity index (χ0) is 19.9. The van der Waals surface area contributed by atoms with Crippen LogP contribution in [0, 0.1) is 19.7 Å². The molecule has 2 aromatic heterocycles. The Hall–Kier alpha value is -3.33. The Kier molecular flexibility index (Phi) is 4.31. The van der Waals surface area contributed by atoms with Crippen molar-refractivity contribution in [3.8, 4) is 11.3 Å². The number of benzene rings is 2. The molecule has 0 saturated heterocycles. The fourth-order valence-electron chi connectivity index (χ4n) is 2.83. The lowest BCUT2D eigenvalue weighted by Crippen LogP contribution is -2.14. The van der Waals surface area contributed by atoms with E-state index in [1.807, 2.05) is 0 Å². The monoisotopic (exact) mass is 397 g/mol. The van der Waals surface area contributed by atoms with Crippen molar-refractivity contribution in [2.75, 3.05) is 4.72 Å². The Morgan fingerprint density at radius 2 is 1.71 bits per heavy atom. The molecule has 0 spiro atoms. The number of aryl methyl sites for hydroxylation is 2. The van der Waals surface area contributed by atoms with Gasteiger partial charge < -0.3 is 0 Å². The van der Waals surface area contributed by atoms with Gasteiger partial charge >= 0.3 is 0 Å². The Morgan fingerprint density at radius 1 is 0.964 bits per heavy atom. The molecule has 7 nitrogen and oxygen atoms in total. The van der Waals surface area contributed by atoms with Crippen LogP contribution in [0.15, 0.2) is 59.5 Å². The lowest BCUT2D eigenvalue weighted by molar-refractivity contribution is 0.600. The predicted molar refractivity (Wildman–Crippen MR) is 103 cm³/mol.